The van der Waals surface area contributed by atoms with Gasteiger partial charge in [0, 0.05) is 19.2 Å². The third-order valence-corrected chi connectivity index (χ3v) is 2.00. The van der Waals surface area contributed by atoms with E-state index < -0.39 is 0 Å². The van der Waals surface area contributed by atoms with Crippen molar-refractivity contribution < 1.29 is 9.31 Å². The first kappa shape index (κ1) is 13.9. The van der Waals surface area contributed by atoms with Crippen LogP contribution >= 0.6 is 0 Å². The molecular weight excluding hydrogens is 179 g/mol. The van der Waals surface area contributed by atoms with Gasteiger partial charge in [-0.3, -0.25) is 0 Å². The van der Waals surface area contributed by atoms with Crippen LogP contribution in [0, 0.1) is 0 Å². The molecule has 0 aromatic rings. The van der Waals surface area contributed by atoms with E-state index in [0.717, 1.165) is 25.8 Å². The highest BCUT2D eigenvalue weighted by atomic mass is 16.6. The standard InChI is InChI=1S/C9H23BN2O2/c1-3-13-10(14-4-2)9(12)7-5-6-8-11/h9H,3-8,11-12H2,1-2H3. The van der Waals surface area contributed by atoms with Gasteiger partial charge >= 0.3 is 7.12 Å². The average Bonchev–Trinajstić information content (AvgIpc) is 2.18. The number of hydrogen-bond donors (Lipinski definition) is 2. The second-order valence-corrected chi connectivity index (χ2v) is 3.23. The highest BCUT2D eigenvalue weighted by Crippen LogP contribution is 2.04. The van der Waals surface area contributed by atoms with Crippen molar-refractivity contribution in [3.8, 4) is 0 Å². The minimum absolute atomic E-state index is 0.0403. The first-order valence-corrected chi connectivity index (χ1v) is 5.45. The maximum Gasteiger partial charge on any atom is 0.474 e. The van der Waals surface area contributed by atoms with Crippen molar-refractivity contribution in [1.82, 2.24) is 0 Å². The molecule has 0 aromatic heterocycles. The van der Waals surface area contributed by atoms with Gasteiger partial charge in [-0.15, -0.1) is 0 Å². The van der Waals surface area contributed by atoms with Crippen LogP contribution in [0.25, 0.3) is 0 Å². The Kier molecular flexibility index (Phi) is 9.40. The summed E-state index contributed by atoms with van der Waals surface area (Å²) in [6.07, 6.45) is 2.95. The van der Waals surface area contributed by atoms with Crippen LogP contribution in [0.2, 0.25) is 0 Å². The van der Waals surface area contributed by atoms with Crippen LogP contribution < -0.4 is 11.5 Å². The molecule has 5 heteroatoms. The molecule has 0 saturated carbocycles. The van der Waals surface area contributed by atoms with Gasteiger partial charge in [0.1, 0.15) is 0 Å². The van der Waals surface area contributed by atoms with Crippen molar-refractivity contribution in [2.45, 2.75) is 39.1 Å². The van der Waals surface area contributed by atoms with E-state index in [-0.39, 0.29) is 13.1 Å². The normalized spacial score (nSPS) is 12.9. The molecular formula is C9H23BN2O2. The van der Waals surface area contributed by atoms with Gasteiger partial charge in [-0.25, -0.2) is 0 Å². The van der Waals surface area contributed by atoms with Gasteiger partial charge < -0.3 is 20.8 Å². The fraction of sp³-hybridized carbons (Fsp3) is 1.00. The van der Waals surface area contributed by atoms with Crippen molar-refractivity contribution in [1.29, 1.82) is 0 Å². The maximum atomic E-state index is 5.94. The molecule has 0 rings (SSSR count). The predicted molar refractivity (Wildman–Crippen MR) is 59.9 cm³/mol. The molecule has 0 fully saturated rings. The minimum atomic E-state index is -0.261. The van der Waals surface area contributed by atoms with Crippen LogP contribution in [-0.4, -0.2) is 32.8 Å². The van der Waals surface area contributed by atoms with E-state index in [0.29, 0.717) is 13.2 Å². The topological polar surface area (TPSA) is 70.5 Å². The van der Waals surface area contributed by atoms with E-state index >= 15 is 0 Å². The molecule has 0 aliphatic rings. The van der Waals surface area contributed by atoms with Crippen LogP contribution in [0.3, 0.4) is 0 Å². The Bertz CT molecular complexity index is 121. The van der Waals surface area contributed by atoms with Gasteiger partial charge in [0.25, 0.3) is 0 Å². The molecule has 4 nitrogen and oxygen atoms in total. The summed E-state index contributed by atoms with van der Waals surface area (Å²) in [5.74, 6) is -0.0403. The molecule has 84 valence electrons. The predicted octanol–water partition coefficient (Wildman–Crippen LogP) is 0.543. The van der Waals surface area contributed by atoms with Crippen molar-refractivity contribution in [3.05, 3.63) is 0 Å². The lowest BCUT2D eigenvalue weighted by molar-refractivity contribution is 0.203. The zero-order valence-corrected chi connectivity index (χ0v) is 9.37. The summed E-state index contributed by atoms with van der Waals surface area (Å²) in [5.41, 5.74) is 11.3. The molecule has 1 atom stereocenters. The molecule has 0 aliphatic carbocycles. The second-order valence-electron chi connectivity index (χ2n) is 3.23. The summed E-state index contributed by atoms with van der Waals surface area (Å²) in [7, 11) is -0.261. The van der Waals surface area contributed by atoms with Crippen molar-refractivity contribution in [2.24, 2.45) is 11.5 Å². The van der Waals surface area contributed by atoms with Gasteiger partial charge in [0.15, 0.2) is 0 Å². The number of nitrogens with two attached hydrogens (primary N) is 2. The van der Waals surface area contributed by atoms with Crippen LogP contribution in [0.15, 0.2) is 0 Å². The Morgan fingerprint density at radius 1 is 1.14 bits per heavy atom. The van der Waals surface area contributed by atoms with Crippen molar-refractivity contribution in [3.63, 3.8) is 0 Å². The zero-order valence-electron chi connectivity index (χ0n) is 9.37. The third-order valence-electron chi connectivity index (χ3n) is 2.00. The summed E-state index contributed by atoms with van der Waals surface area (Å²) in [4.78, 5) is 0. The lowest BCUT2D eigenvalue weighted by Crippen LogP contribution is -2.43. The molecule has 0 aliphatic heterocycles. The largest absolute Gasteiger partial charge is 0.474 e. The van der Waals surface area contributed by atoms with Gasteiger partial charge in [-0.2, -0.15) is 0 Å². The fourth-order valence-electron chi connectivity index (χ4n) is 1.28. The molecule has 0 bridgehead atoms. The monoisotopic (exact) mass is 202 g/mol. The number of rotatable bonds is 9. The average molecular weight is 202 g/mol. The SMILES string of the molecule is CCOB(OCC)C(N)CCCCN. The Hall–Kier alpha value is -0.0951. The van der Waals surface area contributed by atoms with Gasteiger partial charge in [-0.05, 0) is 33.2 Å². The van der Waals surface area contributed by atoms with Crippen LogP contribution in [-0.2, 0) is 9.31 Å². The number of unbranched alkanes of at least 4 members (excludes halogenated alkanes) is 1. The molecule has 0 amide bonds. The van der Waals surface area contributed by atoms with Crippen molar-refractivity contribution in [2.75, 3.05) is 19.8 Å². The van der Waals surface area contributed by atoms with E-state index in [1.807, 2.05) is 13.8 Å². The number of hydrogen-bond acceptors (Lipinski definition) is 4. The highest BCUT2D eigenvalue weighted by molar-refractivity contribution is 6.46. The molecule has 14 heavy (non-hydrogen) atoms. The van der Waals surface area contributed by atoms with E-state index in [1.165, 1.54) is 0 Å². The molecule has 4 N–H and O–H groups in total. The first-order chi connectivity index (χ1) is 6.76. The molecule has 0 spiro atoms. The Morgan fingerprint density at radius 3 is 2.14 bits per heavy atom. The van der Waals surface area contributed by atoms with Gasteiger partial charge in [-0.1, -0.05) is 6.42 Å². The summed E-state index contributed by atoms with van der Waals surface area (Å²) < 4.78 is 10.8. The third kappa shape index (κ3) is 6.37. The highest BCUT2D eigenvalue weighted by Gasteiger charge is 2.25. The van der Waals surface area contributed by atoms with E-state index in [2.05, 4.69) is 0 Å². The lowest BCUT2D eigenvalue weighted by Gasteiger charge is -2.18. The summed E-state index contributed by atoms with van der Waals surface area (Å²) in [6.45, 7) is 5.88. The van der Waals surface area contributed by atoms with Crippen molar-refractivity contribution >= 4 is 7.12 Å². The van der Waals surface area contributed by atoms with Gasteiger partial charge in [0.2, 0.25) is 0 Å². The Labute approximate surface area is 87.5 Å². The quantitative estimate of drug-likeness (QED) is 0.423. The van der Waals surface area contributed by atoms with E-state index in [1.54, 1.807) is 0 Å². The summed E-state index contributed by atoms with van der Waals surface area (Å²) in [6, 6.07) is 0. The Balaban J connectivity index is 3.69. The zero-order chi connectivity index (χ0) is 10.8. The molecule has 0 radical (unpaired) electrons. The van der Waals surface area contributed by atoms with Gasteiger partial charge in [0.05, 0.1) is 0 Å². The fourth-order valence-corrected chi connectivity index (χ4v) is 1.28. The van der Waals surface area contributed by atoms with Crippen LogP contribution in [0.1, 0.15) is 33.1 Å². The summed E-state index contributed by atoms with van der Waals surface area (Å²) >= 11 is 0. The van der Waals surface area contributed by atoms with Crippen LogP contribution in [0.5, 0.6) is 0 Å². The smallest absolute Gasteiger partial charge is 0.410 e. The Morgan fingerprint density at radius 2 is 1.71 bits per heavy atom. The molecule has 1 unspecified atom stereocenters. The van der Waals surface area contributed by atoms with E-state index in [9.17, 15) is 0 Å². The first-order valence-electron chi connectivity index (χ1n) is 5.45. The molecule has 0 saturated heterocycles. The minimum Gasteiger partial charge on any atom is -0.410 e. The molecule has 0 aromatic carbocycles. The summed E-state index contributed by atoms with van der Waals surface area (Å²) in [5, 5.41) is 0. The van der Waals surface area contributed by atoms with E-state index in [4.69, 9.17) is 20.8 Å². The molecule has 0 heterocycles. The maximum absolute atomic E-state index is 5.94. The van der Waals surface area contributed by atoms with Crippen LogP contribution in [0.4, 0.5) is 0 Å². The lowest BCUT2D eigenvalue weighted by atomic mass is 9.76. The second kappa shape index (κ2) is 9.46.